The van der Waals surface area contributed by atoms with Crippen LogP contribution in [0, 0.1) is 0 Å². The van der Waals surface area contributed by atoms with Crippen LogP contribution in [-0.4, -0.2) is 22.3 Å². The summed E-state index contributed by atoms with van der Waals surface area (Å²) in [6.45, 7) is 6.23. The normalized spacial score (nSPS) is 16.9. The summed E-state index contributed by atoms with van der Waals surface area (Å²) < 4.78 is 0. The highest BCUT2D eigenvalue weighted by atomic mass is 16.2. The van der Waals surface area contributed by atoms with Gasteiger partial charge >= 0.3 is 0 Å². The van der Waals surface area contributed by atoms with E-state index in [1.54, 1.807) is 11.0 Å². The zero-order valence-electron chi connectivity index (χ0n) is 14.2. The van der Waals surface area contributed by atoms with Gasteiger partial charge in [-0.05, 0) is 38.0 Å². The molecule has 1 N–H and O–H groups in total. The minimum absolute atomic E-state index is 0.0940. The Kier molecular flexibility index (Phi) is 4.14. The molecule has 1 aliphatic rings. The van der Waals surface area contributed by atoms with Crippen molar-refractivity contribution in [3.63, 3.8) is 0 Å². The summed E-state index contributed by atoms with van der Waals surface area (Å²) in [5.41, 5.74) is 2.05. The largest absolute Gasteiger partial charge is 0.349 e. The van der Waals surface area contributed by atoms with Crippen molar-refractivity contribution in [1.82, 2.24) is 10.2 Å². The van der Waals surface area contributed by atoms with Crippen molar-refractivity contribution >= 4 is 11.8 Å². The summed E-state index contributed by atoms with van der Waals surface area (Å²) in [4.78, 5) is 27.3. The van der Waals surface area contributed by atoms with Crippen LogP contribution in [0.25, 0.3) is 0 Å². The number of hydrogen-bond acceptors (Lipinski definition) is 2. The maximum Gasteiger partial charge on any atom is 0.255 e. The molecule has 0 radical (unpaired) electrons. The van der Waals surface area contributed by atoms with Gasteiger partial charge in [0.1, 0.15) is 6.04 Å². The lowest BCUT2D eigenvalue weighted by atomic mass is 10.0. The molecule has 0 saturated heterocycles. The fourth-order valence-electron chi connectivity index (χ4n) is 3.03. The smallest absolute Gasteiger partial charge is 0.255 e. The minimum atomic E-state index is -0.590. The van der Waals surface area contributed by atoms with Gasteiger partial charge in [0.05, 0.1) is 0 Å². The standard InChI is InChI=1S/C20H22N2O2/c1-20(2,3)21-18(23)17-15-11-7-8-12-16(15)19(24)22(17)13-14-9-5-4-6-10-14/h4-12,17H,13H2,1-3H3,(H,21,23)/t17-/m0/s1. The van der Waals surface area contributed by atoms with E-state index in [1.165, 1.54) is 0 Å². The van der Waals surface area contributed by atoms with Gasteiger partial charge in [0, 0.05) is 17.6 Å². The van der Waals surface area contributed by atoms with E-state index in [0.717, 1.165) is 11.1 Å². The van der Waals surface area contributed by atoms with Crippen LogP contribution in [-0.2, 0) is 11.3 Å². The van der Waals surface area contributed by atoms with Gasteiger partial charge in [0.25, 0.3) is 5.91 Å². The maximum absolute atomic E-state index is 12.9. The molecule has 124 valence electrons. The molecule has 0 fully saturated rings. The molecule has 0 aromatic heterocycles. The maximum atomic E-state index is 12.9. The number of benzene rings is 2. The Morgan fingerprint density at radius 3 is 2.33 bits per heavy atom. The van der Waals surface area contributed by atoms with E-state index in [0.29, 0.717) is 12.1 Å². The second kappa shape index (κ2) is 6.11. The van der Waals surface area contributed by atoms with Gasteiger partial charge in [-0.25, -0.2) is 0 Å². The first-order chi connectivity index (χ1) is 11.4. The van der Waals surface area contributed by atoms with E-state index in [-0.39, 0.29) is 17.4 Å². The number of amides is 2. The van der Waals surface area contributed by atoms with Crippen LogP contribution in [0.3, 0.4) is 0 Å². The quantitative estimate of drug-likeness (QED) is 0.942. The monoisotopic (exact) mass is 322 g/mol. The van der Waals surface area contributed by atoms with Crippen molar-refractivity contribution in [2.75, 3.05) is 0 Å². The van der Waals surface area contributed by atoms with Crippen molar-refractivity contribution in [3.05, 3.63) is 71.3 Å². The van der Waals surface area contributed by atoms with Crippen LogP contribution >= 0.6 is 0 Å². The van der Waals surface area contributed by atoms with Crippen LogP contribution in [0.4, 0.5) is 0 Å². The number of nitrogens with one attached hydrogen (secondary N) is 1. The molecule has 0 saturated carbocycles. The molecule has 4 nitrogen and oxygen atoms in total. The third kappa shape index (κ3) is 3.18. The van der Waals surface area contributed by atoms with Gasteiger partial charge < -0.3 is 10.2 Å². The molecule has 0 aliphatic carbocycles. The molecule has 1 heterocycles. The van der Waals surface area contributed by atoms with E-state index in [9.17, 15) is 9.59 Å². The third-order valence-corrected chi connectivity index (χ3v) is 4.00. The average Bonchev–Trinajstić information content (AvgIpc) is 2.80. The van der Waals surface area contributed by atoms with Gasteiger partial charge in [-0.15, -0.1) is 0 Å². The topological polar surface area (TPSA) is 49.4 Å². The van der Waals surface area contributed by atoms with E-state index >= 15 is 0 Å². The second-order valence-electron chi connectivity index (χ2n) is 7.15. The van der Waals surface area contributed by atoms with Crippen molar-refractivity contribution in [2.45, 2.75) is 38.9 Å². The number of carbonyl (C=O) groups is 2. The Morgan fingerprint density at radius 2 is 1.67 bits per heavy atom. The lowest BCUT2D eigenvalue weighted by Crippen LogP contribution is -2.46. The molecule has 1 aliphatic heterocycles. The van der Waals surface area contributed by atoms with Crippen LogP contribution in [0.2, 0.25) is 0 Å². The summed E-state index contributed by atoms with van der Waals surface area (Å²) in [5.74, 6) is -0.236. The highest BCUT2D eigenvalue weighted by Gasteiger charge is 2.41. The molecule has 24 heavy (non-hydrogen) atoms. The number of carbonyl (C=O) groups excluding carboxylic acids is 2. The van der Waals surface area contributed by atoms with Crippen LogP contribution in [0.5, 0.6) is 0 Å². The Balaban J connectivity index is 1.96. The van der Waals surface area contributed by atoms with Crippen molar-refractivity contribution in [3.8, 4) is 0 Å². The molecule has 4 heteroatoms. The first kappa shape index (κ1) is 16.2. The number of rotatable bonds is 3. The van der Waals surface area contributed by atoms with E-state index < -0.39 is 6.04 Å². The zero-order valence-corrected chi connectivity index (χ0v) is 14.2. The third-order valence-electron chi connectivity index (χ3n) is 4.00. The predicted molar refractivity (Wildman–Crippen MR) is 93.4 cm³/mol. The molecule has 3 rings (SSSR count). The van der Waals surface area contributed by atoms with Gasteiger partial charge in [-0.1, -0.05) is 48.5 Å². The molecule has 1 atom stereocenters. The van der Waals surface area contributed by atoms with E-state index in [2.05, 4.69) is 5.32 Å². The highest BCUT2D eigenvalue weighted by Crippen LogP contribution is 2.35. The first-order valence-corrected chi connectivity index (χ1v) is 8.13. The number of fused-ring (bicyclic) bond motifs is 1. The van der Waals surface area contributed by atoms with Crippen molar-refractivity contribution in [1.29, 1.82) is 0 Å². The summed E-state index contributed by atoms with van der Waals surface area (Å²) in [5, 5.41) is 3.01. The summed E-state index contributed by atoms with van der Waals surface area (Å²) >= 11 is 0. The summed E-state index contributed by atoms with van der Waals surface area (Å²) in [6.07, 6.45) is 0. The average molecular weight is 322 g/mol. The molecule has 2 amide bonds. The van der Waals surface area contributed by atoms with Gasteiger partial charge in [0.15, 0.2) is 0 Å². The Morgan fingerprint density at radius 1 is 1.04 bits per heavy atom. The molecule has 0 bridgehead atoms. The summed E-state index contributed by atoms with van der Waals surface area (Å²) in [7, 11) is 0. The summed E-state index contributed by atoms with van der Waals surface area (Å²) in [6, 6.07) is 16.5. The molecular weight excluding hydrogens is 300 g/mol. The van der Waals surface area contributed by atoms with E-state index in [1.807, 2.05) is 69.3 Å². The minimum Gasteiger partial charge on any atom is -0.349 e. The zero-order chi connectivity index (χ0) is 17.3. The van der Waals surface area contributed by atoms with Crippen molar-refractivity contribution in [2.24, 2.45) is 0 Å². The number of nitrogens with zero attached hydrogens (tertiary/aromatic N) is 1. The van der Waals surface area contributed by atoms with Crippen LogP contribution in [0.15, 0.2) is 54.6 Å². The van der Waals surface area contributed by atoms with Gasteiger partial charge in [-0.3, -0.25) is 9.59 Å². The SMILES string of the molecule is CC(C)(C)NC(=O)[C@@H]1c2ccccc2C(=O)N1Cc1ccccc1. The Hall–Kier alpha value is -2.62. The van der Waals surface area contributed by atoms with E-state index in [4.69, 9.17) is 0 Å². The van der Waals surface area contributed by atoms with Crippen LogP contribution < -0.4 is 5.32 Å². The molecular formula is C20H22N2O2. The second-order valence-corrected chi connectivity index (χ2v) is 7.15. The van der Waals surface area contributed by atoms with Crippen LogP contribution in [0.1, 0.15) is 48.3 Å². The van der Waals surface area contributed by atoms with Gasteiger partial charge in [-0.2, -0.15) is 0 Å². The molecule has 2 aromatic rings. The predicted octanol–water partition coefficient (Wildman–Crippen LogP) is 3.30. The molecule has 2 aromatic carbocycles. The number of hydrogen-bond donors (Lipinski definition) is 1. The molecule has 0 unspecified atom stereocenters. The Bertz CT molecular complexity index is 763. The van der Waals surface area contributed by atoms with Gasteiger partial charge in [0.2, 0.25) is 5.91 Å². The highest BCUT2D eigenvalue weighted by molar-refractivity contribution is 6.04. The Labute approximate surface area is 142 Å². The first-order valence-electron chi connectivity index (χ1n) is 8.13. The lowest BCUT2D eigenvalue weighted by Gasteiger charge is -2.28. The lowest BCUT2D eigenvalue weighted by molar-refractivity contribution is -0.127. The van der Waals surface area contributed by atoms with Crippen molar-refractivity contribution < 1.29 is 9.59 Å². The molecule has 0 spiro atoms. The fraction of sp³-hybridized carbons (Fsp3) is 0.300. The fourth-order valence-corrected chi connectivity index (χ4v) is 3.03.